The third-order valence-corrected chi connectivity index (χ3v) is 2.34. The van der Waals surface area contributed by atoms with Crippen LogP contribution < -0.4 is 0 Å². The van der Waals surface area contributed by atoms with E-state index in [1.165, 1.54) is 12.1 Å². The number of phenols is 2. The molecule has 0 amide bonds. The molecule has 1 unspecified atom stereocenters. The lowest BCUT2D eigenvalue weighted by Crippen LogP contribution is -2.00. The molecule has 92 valence electrons. The van der Waals surface area contributed by atoms with Crippen molar-refractivity contribution < 1.29 is 20.2 Å². The molecule has 0 aliphatic carbocycles. The van der Waals surface area contributed by atoms with Crippen LogP contribution >= 0.6 is 0 Å². The fraction of sp³-hybridized carbons (Fsp3) is 0.273. The van der Waals surface area contributed by atoms with Gasteiger partial charge in [-0.25, -0.2) is 0 Å². The number of rotatable bonds is 3. The van der Waals surface area contributed by atoms with E-state index in [1.807, 2.05) is 0 Å². The molecule has 0 aliphatic heterocycles. The van der Waals surface area contributed by atoms with Gasteiger partial charge in [0.25, 0.3) is 0 Å². The minimum atomic E-state index is -0.788. The normalized spacial score (nSPS) is 13.5. The van der Waals surface area contributed by atoms with Crippen molar-refractivity contribution in [1.82, 2.24) is 0 Å². The number of nitrogens with zero attached hydrogens (tertiary/aromatic N) is 1. The number of benzene rings is 1. The van der Waals surface area contributed by atoms with Crippen LogP contribution in [0.4, 0.5) is 5.69 Å². The highest BCUT2D eigenvalue weighted by Crippen LogP contribution is 2.36. The first kappa shape index (κ1) is 13.0. The molecule has 1 atom stereocenters. The van der Waals surface area contributed by atoms with Gasteiger partial charge in [0, 0.05) is 6.07 Å². The van der Waals surface area contributed by atoms with Crippen LogP contribution in [0, 0.1) is 10.1 Å². The zero-order valence-corrected chi connectivity index (χ0v) is 9.41. The summed E-state index contributed by atoms with van der Waals surface area (Å²) in [5.41, 5.74) is 0.351. The fourth-order valence-corrected chi connectivity index (χ4v) is 1.23. The number of phenolic OH excluding ortho intramolecular Hbond substituents is 2. The molecule has 0 saturated heterocycles. The molecular formula is C11H13NO5. The third kappa shape index (κ3) is 2.94. The predicted molar refractivity (Wildman–Crippen MR) is 61.8 cm³/mol. The Bertz CT molecular complexity index is 479. The van der Waals surface area contributed by atoms with E-state index in [1.54, 1.807) is 13.8 Å². The van der Waals surface area contributed by atoms with Crippen LogP contribution in [0.1, 0.15) is 19.4 Å². The maximum Gasteiger partial charge on any atom is 0.315 e. The Morgan fingerprint density at radius 3 is 2.53 bits per heavy atom. The van der Waals surface area contributed by atoms with Crippen LogP contribution in [0.5, 0.6) is 11.5 Å². The summed E-state index contributed by atoms with van der Waals surface area (Å²) in [6.45, 7) is 3.21. The van der Waals surface area contributed by atoms with Crippen molar-refractivity contribution in [2.45, 2.75) is 20.0 Å². The first-order valence-corrected chi connectivity index (χ1v) is 4.89. The third-order valence-electron chi connectivity index (χ3n) is 2.34. The molecule has 0 heterocycles. The van der Waals surface area contributed by atoms with Gasteiger partial charge < -0.3 is 15.3 Å². The molecule has 6 nitrogen and oxygen atoms in total. The van der Waals surface area contributed by atoms with E-state index in [-0.39, 0.29) is 0 Å². The summed E-state index contributed by atoms with van der Waals surface area (Å²) in [6.07, 6.45) is 0.807. The van der Waals surface area contributed by atoms with Crippen molar-refractivity contribution >= 4 is 11.8 Å². The number of hydrogen-bond acceptors (Lipinski definition) is 5. The van der Waals surface area contributed by atoms with Gasteiger partial charge in [-0.05, 0) is 31.1 Å². The highest BCUT2D eigenvalue weighted by Gasteiger charge is 2.18. The van der Waals surface area contributed by atoms with Crippen LogP contribution in [0.25, 0.3) is 6.08 Å². The first-order valence-electron chi connectivity index (χ1n) is 4.89. The predicted octanol–water partition coefficient (Wildman–Crippen LogP) is 1.79. The number of hydrogen-bond donors (Lipinski definition) is 3. The molecule has 0 aromatic heterocycles. The highest BCUT2D eigenvalue weighted by atomic mass is 16.6. The second-order valence-electron chi connectivity index (χ2n) is 3.73. The van der Waals surface area contributed by atoms with Gasteiger partial charge in [-0.1, -0.05) is 6.08 Å². The highest BCUT2D eigenvalue weighted by molar-refractivity contribution is 5.65. The minimum Gasteiger partial charge on any atom is -0.504 e. The molecule has 0 radical (unpaired) electrons. The summed E-state index contributed by atoms with van der Waals surface area (Å²) in [5, 5.41) is 38.5. The van der Waals surface area contributed by atoms with E-state index in [4.69, 9.17) is 0 Å². The summed E-state index contributed by atoms with van der Waals surface area (Å²) in [4.78, 5) is 9.82. The lowest BCUT2D eigenvalue weighted by molar-refractivity contribution is -0.386. The standard InChI is InChI=1S/C11H13NO5/c1-6(7(2)13)3-8-4-9(12(16)17)11(15)10(14)5-8/h3-5,7,13-15H,1-2H3/b6-3+. The maximum atomic E-state index is 10.6. The lowest BCUT2D eigenvalue weighted by Gasteiger charge is -2.05. The lowest BCUT2D eigenvalue weighted by atomic mass is 10.1. The van der Waals surface area contributed by atoms with E-state index in [0.29, 0.717) is 11.1 Å². The van der Waals surface area contributed by atoms with Crippen molar-refractivity contribution in [1.29, 1.82) is 0 Å². The van der Waals surface area contributed by atoms with E-state index >= 15 is 0 Å². The van der Waals surface area contributed by atoms with Gasteiger partial charge in [0.2, 0.25) is 5.75 Å². The molecule has 1 aromatic rings. The Balaban J connectivity index is 3.29. The van der Waals surface area contributed by atoms with E-state index in [2.05, 4.69) is 0 Å². The Hall–Kier alpha value is -2.08. The molecule has 0 bridgehead atoms. The smallest absolute Gasteiger partial charge is 0.315 e. The van der Waals surface area contributed by atoms with Gasteiger partial charge in [0.1, 0.15) is 0 Å². The largest absolute Gasteiger partial charge is 0.504 e. The Morgan fingerprint density at radius 2 is 2.06 bits per heavy atom. The van der Waals surface area contributed by atoms with Gasteiger partial charge in [0.15, 0.2) is 5.75 Å². The van der Waals surface area contributed by atoms with Gasteiger partial charge in [-0.15, -0.1) is 0 Å². The second-order valence-corrected chi connectivity index (χ2v) is 3.73. The molecule has 0 fully saturated rings. The molecule has 17 heavy (non-hydrogen) atoms. The Labute approximate surface area is 97.6 Å². The van der Waals surface area contributed by atoms with Crippen molar-refractivity contribution in [3.05, 3.63) is 33.4 Å². The van der Waals surface area contributed by atoms with Crippen LogP contribution in [0.2, 0.25) is 0 Å². The van der Waals surface area contributed by atoms with Gasteiger partial charge in [-0.2, -0.15) is 0 Å². The summed E-state index contributed by atoms with van der Waals surface area (Å²) in [7, 11) is 0. The SMILES string of the molecule is C/C(=C\c1cc(O)c(O)c([N+](=O)[O-])c1)C(C)O. The number of nitro benzene ring substituents is 1. The zero-order chi connectivity index (χ0) is 13.2. The monoisotopic (exact) mass is 239 g/mol. The van der Waals surface area contributed by atoms with Crippen molar-refractivity contribution in [3.63, 3.8) is 0 Å². The summed E-state index contributed by atoms with van der Waals surface area (Å²) in [6, 6.07) is 2.31. The van der Waals surface area contributed by atoms with E-state index in [0.717, 1.165) is 6.07 Å². The molecule has 1 aromatic carbocycles. The summed E-state index contributed by atoms with van der Waals surface area (Å²) < 4.78 is 0. The number of aliphatic hydroxyl groups is 1. The van der Waals surface area contributed by atoms with Crippen molar-refractivity contribution in [2.24, 2.45) is 0 Å². The summed E-state index contributed by atoms with van der Waals surface area (Å²) in [5.74, 6) is -1.33. The average molecular weight is 239 g/mol. The summed E-state index contributed by atoms with van der Waals surface area (Å²) >= 11 is 0. The van der Waals surface area contributed by atoms with Crippen LogP contribution in [-0.4, -0.2) is 26.3 Å². The van der Waals surface area contributed by atoms with Crippen molar-refractivity contribution in [3.8, 4) is 11.5 Å². The van der Waals surface area contributed by atoms with Gasteiger partial charge >= 0.3 is 5.69 Å². The molecule has 1 rings (SSSR count). The van der Waals surface area contributed by atoms with Gasteiger partial charge in [0.05, 0.1) is 11.0 Å². The average Bonchev–Trinajstić information content (AvgIpc) is 2.22. The van der Waals surface area contributed by atoms with Crippen LogP contribution in [0.15, 0.2) is 17.7 Å². The topological polar surface area (TPSA) is 104 Å². The number of nitro groups is 1. The molecule has 0 aliphatic rings. The van der Waals surface area contributed by atoms with Gasteiger partial charge in [-0.3, -0.25) is 10.1 Å². The first-order chi connectivity index (χ1) is 7.82. The second kappa shape index (κ2) is 4.84. The number of aliphatic hydroxyl groups excluding tert-OH is 1. The number of aromatic hydroxyl groups is 2. The van der Waals surface area contributed by atoms with Crippen LogP contribution in [-0.2, 0) is 0 Å². The Kier molecular flexibility index (Phi) is 3.69. The Morgan fingerprint density at radius 1 is 1.47 bits per heavy atom. The van der Waals surface area contributed by atoms with Crippen LogP contribution in [0.3, 0.4) is 0 Å². The molecule has 3 N–H and O–H groups in total. The molecule has 0 saturated carbocycles. The quantitative estimate of drug-likeness (QED) is 0.423. The zero-order valence-electron chi connectivity index (χ0n) is 9.41. The molecule has 6 heteroatoms. The van der Waals surface area contributed by atoms with Crippen molar-refractivity contribution in [2.75, 3.05) is 0 Å². The molecular weight excluding hydrogens is 226 g/mol. The molecule has 0 spiro atoms. The minimum absolute atomic E-state index is 0.338. The maximum absolute atomic E-state index is 10.6. The van der Waals surface area contributed by atoms with E-state index < -0.39 is 28.2 Å². The van der Waals surface area contributed by atoms with E-state index in [9.17, 15) is 25.4 Å². The fourth-order valence-electron chi connectivity index (χ4n) is 1.23.